The lowest BCUT2D eigenvalue weighted by Gasteiger charge is -2.27. The molecule has 0 bridgehead atoms. The average Bonchev–Trinajstić information content (AvgIpc) is 2.25. The Hall–Kier alpha value is -0.520. The first-order valence-electron chi connectivity index (χ1n) is 4.80. The van der Waals surface area contributed by atoms with E-state index in [-0.39, 0.29) is 6.92 Å². The predicted octanol–water partition coefficient (Wildman–Crippen LogP) is 4.22. The summed E-state index contributed by atoms with van der Waals surface area (Å²) in [4.78, 5) is 0. The molecule has 0 radical (unpaired) electrons. The van der Waals surface area contributed by atoms with Crippen LogP contribution in [0, 0.1) is 0 Å². The van der Waals surface area contributed by atoms with Crippen molar-refractivity contribution >= 4 is 7.82 Å². The van der Waals surface area contributed by atoms with Gasteiger partial charge in [0.15, 0.2) is 19.5 Å². The minimum atomic E-state index is -6.64. The van der Waals surface area contributed by atoms with Crippen molar-refractivity contribution < 1.29 is 57.7 Å². The van der Waals surface area contributed by atoms with Gasteiger partial charge in [-0.15, -0.1) is 0 Å². The van der Waals surface area contributed by atoms with Crippen LogP contribution in [0.25, 0.3) is 0 Å². The Morgan fingerprint density at radius 2 is 1.24 bits per heavy atom. The monoisotopic (exact) mass is 358 g/mol. The van der Waals surface area contributed by atoms with Crippen LogP contribution in [0.2, 0.25) is 0 Å². The van der Waals surface area contributed by atoms with E-state index in [1.165, 1.54) is 0 Å². The summed E-state index contributed by atoms with van der Waals surface area (Å²) < 4.78 is 131. The zero-order valence-electron chi connectivity index (χ0n) is 9.97. The Labute approximate surface area is 111 Å². The van der Waals surface area contributed by atoms with Gasteiger partial charge >= 0.3 is 26.1 Å². The largest absolute Gasteiger partial charge is 0.489 e. The van der Waals surface area contributed by atoms with Crippen LogP contribution in [0.3, 0.4) is 0 Å². The molecule has 0 spiro atoms. The summed E-state index contributed by atoms with van der Waals surface area (Å²) in [6, 6.07) is 0. The van der Waals surface area contributed by atoms with Gasteiger partial charge in [-0.25, -0.2) is 31.3 Å². The molecule has 0 saturated heterocycles. The van der Waals surface area contributed by atoms with E-state index in [0.717, 1.165) is 0 Å². The Bertz CT molecular complexity index is 366. The van der Waals surface area contributed by atoms with Gasteiger partial charge in [0.1, 0.15) is 0 Å². The number of rotatable bonds is 9. The molecule has 0 heterocycles. The van der Waals surface area contributed by atoms with E-state index in [4.69, 9.17) is 0 Å². The third-order valence-electron chi connectivity index (χ3n) is 1.50. The highest BCUT2D eigenvalue weighted by Gasteiger charge is 2.55. The van der Waals surface area contributed by atoms with E-state index in [9.17, 15) is 44.1 Å². The molecular weight excluding hydrogens is 350 g/mol. The second-order valence-electron chi connectivity index (χ2n) is 3.44. The zero-order chi connectivity index (χ0) is 17.1. The van der Waals surface area contributed by atoms with Gasteiger partial charge in [0.2, 0.25) is 0 Å². The van der Waals surface area contributed by atoms with Crippen LogP contribution >= 0.6 is 7.82 Å². The minimum absolute atomic E-state index is 0.0882. The molecule has 0 amide bonds. The average molecular weight is 358 g/mol. The van der Waals surface area contributed by atoms with Crippen molar-refractivity contribution in [2.45, 2.75) is 31.4 Å². The van der Waals surface area contributed by atoms with Gasteiger partial charge in [0.25, 0.3) is 0 Å². The van der Waals surface area contributed by atoms with Gasteiger partial charge in [-0.3, -0.25) is 0 Å². The van der Waals surface area contributed by atoms with Gasteiger partial charge in [-0.1, -0.05) is 0 Å². The number of hydrogen-bond donors (Lipinski definition) is 0. The quantitative estimate of drug-likeness (QED) is 0.457. The van der Waals surface area contributed by atoms with Crippen molar-refractivity contribution in [3.05, 3.63) is 0 Å². The summed E-state index contributed by atoms with van der Waals surface area (Å²) >= 11 is 0. The number of hydrogen-bond acceptors (Lipinski definition) is 4. The maximum Gasteiger partial charge on any atom is 0.489 e. The molecule has 14 heteroatoms. The third kappa shape index (κ3) is 6.85. The highest BCUT2D eigenvalue weighted by molar-refractivity contribution is 7.48. The molecule has 0 rings (SSSR count). The van der Waals surface area contributed by atoms with Crippen LogP contribution in [0.15, 0.2) is 0 Å². The lowest BCUT2D eigenvalue weighted by molar-refractivity contribution is -0.274. The third-order valence-corrected chi connectivity index (χ3v) is 2.95. The van der Waals surface area contributed by atoms with E-state index < -0.39 is 45.7 Å². The highest BCUT2D eigenvalue weighted by Crippen LogP contribution is 2.60. The molecule has 0 N–H and O–H groups in total. The lowest BCUT2D eigenvalue weighted by atomic mass is 10.4. The fraction of sp³-hybridized carbons (Fsp3) is 1.00. The van der Waals surface area contributed by atoms with Crippen LogP contribution < -0.4 is 0 Å². The molecule has 0 aromatic heterocycles. The first-order chi connectivity index (χ1) is 9.19. The molecular formula is C7H8F9O4P. The predicted molar refractivity (Wildman–Crippen MR) is 48.2 cm³/mol. The lowest BCUT2D eigenvalue weighted by Crippen LogP contribution is -2.35. The fourth-order valence-corrected chi connectivity index (χ4v) is 1.96. The summed E-state index contributed by atoms with van der Waals surface area (Å²) in [5.41, 5.74) is 0. The van der Waals surface area contributed by atoms with E-state index in [0.29, 0.717) is 0 Å². The molecule has 0 saturated carbocycles. The van der Waals surface area contributed by atoms with Crippen molar-refractivity contribution in [1.82, 2.24) is 0 Å². The number of alkyl halides is 9. The Kier molecular flexibility index (Phi) is 6.55. The van der Waals surface area contributed by atoms with E-state index in [1.807, 2.05) is 0 Å². The summed E-state index contributed by atoms with van der Waals surface area (Å²) in [6.45, 7) is -5.49. The topological polar surface area (TPSA) is 44.8 Å². The Morgan fingerprint density at radius 1 is 0.905 bits per heavy atom. The van der Waals surface area contributed by atoms with Gasteiger partial charge in [0, 0.05) is 0 Å². The van der Waals surface area contributed by atoms with Crippen LogP contribution in [-0.2, 0) is 18.1 Å². The molecule has 21 heavy (non-hydrogen) atoms. The van der Waals surface area contributed by atoms with E-state index >= 15 is 0 Å². The summed E-state index contributed by atoms with van der Waals surface area (Å²) in [7, 11) is -6.64. The number of phosphoric ester groups is 1. The molecule has 1 atom stereocenters. The summed E-state index contributed by atoms with van der Waals surface area (Å²) in [5, 5.41) is 0. The summed E-state index contributed by atoms with van der Waals surface area (Å²) in [6.07, 6.45) is -18.8. The minimum Gasteiger partial charge on any atom is -0.241 e. The van der Waals surface area contributed by atoms with E-state index in [2.05, 4.69) is 13.6 Å². The molecule has 0 aliphatic rings. The molecule has 0 aliphatic carbocycles. The van der Waals surface area contributed by atoms with Gasteiger partial charge in [-0.2, -0.15) is 26.3 Å². The first kappa shape index (κ1) is 20.5. The molecule has 4 nitrogen and oxygen atoms in total. The second kappa shape index (κ2) is 6.71. The summed E-state index contributed by atoms with van der Waals surface area (Å²) in [5.74, 6) is 0. The smallest absolute Gasteiger partial charge is 0.241 e. The molecule has 0 fully saturated rings. The highest BCUT2D eigenvalue weighted by atomic mass is 31.2. The van der Waals surface area contributed by atoms with Crippen molar-refractivity contribution in [2.24, 2.45) is 0 Å². The van der Waals surface area contributed by atoms with Crippen LogP contribution in [-0.4, -0.2) is 37.8 Å². The van der Waals surface area contributed by atoms with Gasteiger partial charge in [0.05, 0.1) is 0 Å². The molecule has 1 unspecified atom stereocenters. The van der Waals surface area contributed by atoms with Crippen molar-refractivity contribution in [2.75, 3.05) is 13.3 Å². The molecule has 128 valence electrons. The normalized spacial score (nSPS) is 16.1. The van der Waals surface area contributed by atoms with Crippen molar-refractivity contribution in [3.63, 3.8) is 0 Å². The van der Waals surface area contributed by atoms with Gasteiger partial charge < -0.3 is 0 Å². The van der Waals surface area contributed by atoms with Crippen LogP contribution in [0.5, 0.6) is 0 Å². The Morgan fingerprint density at radius 3 is 1.48 bits per heavy atom. The molecule has 0 aromatic rings. The Balaban J connectivity index is 5.42. The molecule has 0 aliphatic heterocycles. The van der Waals surface area contributed by atoms with Crippen LogP contribution in [0.1, 0.15) is 6.92 Å². The van der Waals surface area contributed by atoms with Crippen LogP contribution in [0.4, 0.5) is 39.5 Å². The van der Waals surface area contributed by atoms with Crippen molar-refractivity contribution in [3.8, 4) is 0 Å². The number of halogens is 9. The second-order valence-corrected chi connectivity index (χ2v) is 4.88. The molecule has 0 aromatic carbocycles. The SMILES string of the molecule is CC(F)C(F)(F)OP(=O)(OC(F)(F)CF)OC(F)(F)CF. The standard InChI is InChI=1S/C7H8F9O4P/c1-4(10)7(15,16)20-21(17,18-5(11,12)2-8)19-6(13,14)3-9/h4H,2-3H2,1H3. The first-order valence-corrected chi connectivity index (χ1v) is 6.26. The van der Waals surface area contributed by atoms with E-state index in [1.54, 1.807) is 0 Å². The van der Waals surface area contributed by atoms with Crippen molar-refractivity contribution in [1.29, 1.82) is 0 Å². The zero-order valence-corrected chi connectivity index (χ0v) is 10.9. The van der Waals surface area contributed by atoms with Gasteiger partial charge in [-0.05, 0) is 6.92 Å². The maximum atomic E-state index is 12.8. The fourth-order valence-electron chi connectivity index (χ4n) is 0.654. The maximum absolute atomic E-state index is 12.8. The number of phosphoric acid groups is 1.